The van der Waals surface area contributed by atoms with Gasteiger partial charge >= 0.3 is 0 Å². The second-order valence-electron chi connectivity index (χ2n) is 3.16. The topological polar surface area (TPSA) is 9.23 Å². The van der Waals surface area contributed by atoms with Gasteiger partial charge in [-0.3, -0.25) is 0 Å². The van der Waals surface area contributed by atoms with Crippen LogP contribution in [0.2, 0.25) is 0 Å². The standard InChI is InChI=1S/C12H16OS/c1-10-6-5-7-12(11(10)2)13-8-3-4-9-14/h3-7,14H,8-9H2,1-2H3. The maximum atomic E-state index is 5.60. The molecule has 0 spiro atoms. The number of hydrogen-bond acceptors (Lipinski definition) is 2. The molecular formula is C12H16OS. The van der Waals surface area contributed by atoms with Gasteiger partial charge in [0.1, 0.15) is 12.4 Å². The summed E-state index contributed by atoms with van der Waals surface area (Å²) in [6.45, 7) is 4.78. The van der Waals surface area contributed by atoms with Gasteiger partial charge in [-0.2, -0.15) is 12.6 Å². The Morgan fingerprint density at radius 2 is 2.07 bits per heavy atom. The molecule has 1 rings (SSSR count). The van der Waals surface area contributed by atoms with E-state index in [0.29, 0.717) is 6.61 Å². The van der Waals surface area contributed by atoms with Crippen LogP contribution in [-0.4, -0.2) is 12.4 Å². The lowest BCUT2D eigenvalue weighted by Gasteiger charge is -2.08. The summed E-state index contributed by atoms with van der Waals surface area (Å²) in [5.41, 5.74) is 2.48. The Hall–Kier alpha value is -0.890. The van der Waals surface area contributed by atoms with Crippen LogP contribution in [0.15, 0.2) is 30.4 Å². The third kappa shape index (κ3) is 3.11. The van der Waals surface area contributed by atoms with Gasteiger partial charge in [0, 0.05) is 5.75 Å². The summed E-state index contributed by atoms with van der Waals surface area (Å²) >= 11 is 4.08. The lowest BCUT2D eigenvalue weighted by molar-refractivity contribution is 0.360. The highest BCUT2D eigenvalue weighted by Gasteiger charge is 1.99. The second-order valence-corrected chi connectivity index (χ2v) is 3.53. The SMILES string of the molecule is Cc1cccc(OCC=CCS)c1C. The fourth-order valence-corrected chi connectivity index (χ4v) is 1.31. The monoisotopic (exact) mass is 208 g/mol. The maximum absolute atomic E-state index is 5.60. The molecule has 0 bridgehead atoms. The van der Waals surface area contributed by atoms with Gasteiger partial charge in [0.25, 0.3) is 0 Å². The normalized spacial score (nSPS) is 10.8. The highest BCUT2D eigenvalue weighted by atomic mass is 32.1. The Kier molecular flexibility index (Phi) is 4.60. The number of ether oxygens (including phenoxy) is 1. The maximum Gasteiger partial charge on any atom is 0.122 e. The molecule has 1 aromatic carbocycles. The van der Waals surface area contributed by atoms with Gasteiger partial charge < -0.3 is 4.74 Å². The molecule has 0 fully saturated rings. The average molecular weight is 208 g/mol. The van der Waals surface area contributed by atoms with Crippen molar-refractivity contribution >= 4 is 12.6 Å². The van der Waals surface area contributed by atoms with Crippen molar-refractivity contribution in [2.24, 2.45) is 0 Å². The fraction of sp³-hybridized carbons (Fsp3) is 0.333. The molecule has 0 saturated heterocycles. The molecule has 0 amide bonds. The molecule has 0 aliphatic heterocycles. The van der Waals surface area contributed by atoms with E-state index in [9.17, 15) is 0 Å². The van der Waals surface area contributed by atoms with Crippen LogP contribution in [0.3, 0.4) is 0 Å². The summed E-state index contributed by atoms with van der Waals surface area (Å²) in [4.78, 5) is 0. The van der Waals surface area contributed by atoms with Crippen LogP contribution in [0.1, 0.15) is 11.1 Å². The lowest BCUT2D eigenvalue weighted by Crippen LogP contribution is -1.96. The van der Waals surface area contributed by atoms with E-state index in [1.807, 2.05) is 24.3 Å². The third-order valence-corrected chi connectivity index (χ3v) is 2.37. The number of hydrogen-bond donors (Lipinski definition) is 1. The van der Waals surface area contributed by atoms with Crippen molar-refractivity contribution in [3.05, 3.63) is 41.5 Å². The van der Waals surface area contributed by atoms with E-state index in [1.54, 1.807) is 0 Å². The summed E-state index contributed by atoms with van der Waals surface area (Å²) in [5.74, 6) is 1.73. The summed E-state index contributed by atoms with van der Waals surface area (Å²) < 4.78 is 5.60. The molecule has 0 aliphatic carbocycles. The fourth-order valence-electron chi connectivity index (χ4n) is 1.16. The summed E-state index contributed by atoms with van der Waals surface area (Å²) in [5, 5.41) is 0. The van der Waals surface area contributed by atoms with Gasteiger partial charge in [-0.15, -0.1) is 0 Å². The van der Waals surface area contributed by atoms with Crippen molar-refractivity contribution < 1.29 is 4.74 Å². The van der Waals surface area contributed by atoms with Crippen molar-refractivity contribution in [2.45, 2.75) is 13.8 Å². The van der Waals surface area contributed by atoms with Crippen molar-refractivity contribution in [1.82, 2.24) is 0 Å². The predicted molar refractivity (Wildman–Crippen MR) is 64.4 cm³/mol. The molecular weight excluding hydrogens is 192 g/mol. The van der Waals surface area contributed by atoms with Gasteiger partial charge in [-0.25, -0.2) is 0 Å². The highest BCUT2D eigenvalue weighted by Crippen LogP contribution is 2.20. The first-order valence-corrected chi connectivity index (χ1v) is 5.34. The molecule has 0 saturated carbocycles. The molecule has 0 aromatic heterocycles. The zero-order valence-electron chi connectivity index (χ0n) is 8.66. The molecule has 14 heavy (non-hydrogen) atoms. The molecule has 1 aromatic rings. The van der Waals surface area contributed by atoms with Gasteiger partial charge in [-0.05, 0) is 31.0 Å². The molecule has 76 valence electrons. The average Bonchev–Trinajstić information content (AvgIpc) is 2.19. The number of benzene rings is 1. The summed E-state index contributed by atoms with van der Waals surface area (Å²) in [6.07, 6.45) is 3.96. The van der Waals surface area contributed by atoms with Crippen LogP contribution in [0.4, 0.5) is 0 Å². The van der Waals surface area contributed by atoms with E-state index in [4.69, 9.17) is 4.74 Å². The van der Waals surface area contributed by atoms with Crippen LogP contribution in [0.5, 0.6) is 5.75 Å². The molecule has 0 heterocycles. The lowest BCUT2D eigenvalue weighted by atomic mass is 10.1. The van der Waals surface area contributed by atoms with Crippen LogP contribution >= 0.6 is 12.6 Å². The minimum absolute atomic E-state index is 0.616. The largest absolute Gasteiger partial charge is 0.489 e. The van der Waals surface area contributed by atoms with Crippen LogP contribution < -0.4 is 4.74 Å². The Bertz CT molecular complexity index is 318. The highest BCUT2D eigenvalue weighted by molar-refractivity contribution is 7.80. The minimum atomic E-state index is 0.616. The van der Waals surface area contributed by atoms with E-state index in [2.05, 4.69) is 32.5 Å². The van der Waals surface area contributed by atoms with Crippen LogP contribution in [-0.2, 0) is 0 Å². The van der Waals surface area contributed by atoms with Crippen molar-refractivity contribution in [3.8, 4) is 5.75 Å². The Balaban J connectivity index is 2.59. The molecule has 0 N–H and O–H groups in total. The van der Waals surface area contributed by atoms with Crippen molar-refractivity contribution in [2.75, 3.05) is 12.4 Å². The quantitative estimate of drug-likeness (QED) is 0.590. The van der Waals surface area contributed by atoms with E-state index < -0.39 is 0 Å². The van der Waals surface area contributed by atoms with Crippen LogP contribution in [0.25, 0.3) is 0 Å². The smallest absolute Gasteiger partial charge is 0.122 e. The molecule has 2 heteroatoms. The van der Waals surface area contributed by atoms with Gasteiger partial charge in [0.15, 0.2) is 0 Å². The van der Waals surface area contributed by atoms with E-state index in [-0.39, 0.29) is 0 Å². The Morgan fingerprint density at radius 1 is 1.29 bits per heavy atom. The van der Waals surface area contributed by atoms with Crippen molar-refractivity contribution in [3.63, 3.8) is 0 Å². The first-order valence-electron chi connectivity index (χ1n) is 4.70. The van der Waals surface area contributed by atoms with E-state index >= 15 is 0 Å². The van der Waals surface area contributed by atoms with E-state index in [1.165, 1.54) is 11.1 Å². The number of aryl methyl sites for hydroxylation is 1. The first-order chi connectivity index (χ1) is 6.75. The molecule has 0 unspecified atom stereocenters. The first kappa shape index (κ1) is 11.2. The molecule has 0 radical (unpaired) electrons. The van der Waals surface area contributed by atoms with Gasteiger partial charge in [0.2, 0.25) is 0 Å². The van der Waals surface area contributed by atoms with E-state index in [0.717, 1.165) is 11.5 Å². The van der Waals surface area contributed by atoms with Crippen LogP contribution in [0, 0.1) is 13.8 Å². The Morgan fingerprint density at radius 3 is 2.79 bits per heavy atom. The van der Waals surface area contributed by atoms with Gasteiger partial charge in [0.05, 0.1) is 0 Å². The predicted octanol–water partition coefficient (Wildman–Crippen LogP) is 3.17. The molecule has 0 aliphatic rings. The summed E-state index contributed by atoms with van der Waals surface area (Å²) in [6, 6.07) is 6.10. The minimum Gasteiger partial charge on any atom is -0.489 e. The molecule has 0 atom stereocenters. The number of thiol groups is 1. The Labute approximate surface area is 91.2 Å². The zero-order chi connectivity index (χ0) is 10.4. The number of rotatable bonds is 4. The molecule has 1 nitrogen and oxygen atoms in total. The third-order valence-electron chi connectivity index (χ3n) is 2.16. The second kappa shape index (κ2) is 5.76. The van der Waals surface area contributed by atoms with Gasteiger partial charge in [-0.1, -0.05) is 24.3 Å². The van der Waals surface area contributed by atoms with Crippen molar-refractivity contribution in [1.29, 1.82) is 0 Å². The zero-order valence-corrected chi connectivity index (χ0v) is 9.55. The summed E-state index contributed by atoms with van der Waals surface area (Å²) in [7, 11) is 0.